The predicted molar refractivity (Wildman–Crippen MR) is 61.6 cm³/mol. The lowest BCUT2D eigenvalue weighted by Gasteiger charge is -2.00. The Bertz CT molecular complexity index is 352. The first-order valence-electron chi connectivity index (χ1n) is 4.57. The van der Waals surface area contributed by atoms with Crippen LogP contribution in [-0.4, -0.2) is 18.3 Å². The summed E-state index contributed by atoms with van der Waals surface area (Å²) in [6, 6.07) is 7.96. The van der Waals surface area contributed by atoms with Gasteiger partial charge in [0.15, 0.2) is 0 Å². The van der Waals surface area contributed by atoms with Crippen LogP contribution >= 0.6 is 23.4 Å². The molecule has 74 valence electrons. The van der Waals surface area contributed by atoms with Gasteiger partial charge in [0, 0.05) is 10.8 Å². The zero-order chi connectivity index (χ0) is 9.80. The number of nitrogens with one attached hydrogen (secondary N) is 2. The molecule has 1 aromatic carbocycles. The largest absolute Gasteiger partial charge is 0.304 e. The first-order chi connectivity index (χ1) is 6.86. The summed E-state index contributed by atoms with van der Waals surface area (Å²) in [5, 5.41) is 5.27. The Morgan fingerprint density at radius 1 is 1.43 bits per heavy atom. The van der Waals surface area contributed by atoms with Crippen LogP contribution in [0.2, 0.25) is 5.02 Å². The maximum Gasteiger partial charge on any atom is 0.304 e. The maximum absolute atomic E-state index is 6.05. The third kappa shape index (κ3) is 2.42. The van der Waals surface area contributed by atoms with Crippen molar-refractivity contribution in [1.29, 1.82) is 0 Å². The summed E-state index contributed by atoms with van der Waals surface area (Å²) in [7, 11) is 0. The van der Waals surface area contributed by atoms with Gasteiger partial charge in [0.2, 0.25) is 0 Å². The Morgan fingerprint density at radius 3 is 3.00 bits per heavy atom. The summed E-state index contributed by atoms with van der Waals surface area (Å²) in [6.07, 6.45) is 0. The molecule has 14 heavy (non-hydrogen) atoms. The number of rotatable bonds is 2. The molecule has 1 heterocycles. The van der Waals surface area contributed by atoms with Crippen molar-refractivity contribution in [2.24, 2.45) is 0 Å². The molecular weight excluding hydrogens is 216 g/mol. The van der Waals surface area contributed by atoms with E-state index < -0.39 is 0 Å². The van der Waals surface area contributed by atoms with Crippen LogP contribution in [0.3, 0.4) is 0 Å². The second-order valence-corrected chi connectivity index (χ2v) is 4.46. The van der Waals surface area contributed by atoms with Crippen LogP contribution in [0.25, 0.3) is 0 Å². The Morgan fingerprint density at radius 2 is 2.29 bits per heavy atom. The molecule has 0 unspecified atom stereocenters. The van der Waals surface area contributed by atoms with Gasteiger partial charge in [0.25, 0.3) is 0 Å². The fraction of sp³-hybridized carbons (Fsp3) is 0.300. The van der Waals surface area contributed by atoms with E-state index in [1.165, 1.54) is 5.56 Å². The van der Waals surface area contributed by atoms with Crippen molar-refractivity contribution in [2.75, 3.05) is 13.1 Å². The van der Waals surface area contributed by atoms with E-state index >= 15 is 0 Å². The number of hydrogen-bond acceptors (Lipinski definition) is 2. The Labute approximate surface area is 92.8 Å². The lowest BCUT2D eigenvalue weighted by Crippen LogP contribution is -2.69. The van der Waals surface area contributed by atoms with Crippen molar-refractivity contribution in [2.45, 2.75) is 5.75 Å². The summed E-state index contributed by atoms with van der Waals surface area (Å²) >= 11 is 7.81. The quantitative estimate of drug-likeness (QED) is 0.775. The average Bonchev–Trinajstić information content (AvgIpc) is 2.69. The van der Waals surface area contributed by atoms with E-state index in [9.17, 15) is 0 Å². The Hall–Kier alpha value is -0.670. The molecule has 0 amide bonds. The van der Waals surface area contributed by atoms with Gasteiger partial charge in [-0.05, 0) is 23.4 Å². The van der Waals surface area contributed by atoms with E-state index in [-0.39, 0.29) is 0 Å². The number of benzene rings is 1. The van der Waals surface area contributed by atoms with E-state index in [0.29, 0.717) is 0 Å². The van der Waals surface area contributed by atoms with Crippen LogP contribution < -0.4 is 10.3 Å². The minimum atomic E-state index is 0.846. The molecule has 0 aromatic heterocycles. The molecule has 0 bridgehead atoms. The maximum atomic E-state index is 6.05. The molecule has 1 aliphatic heterocycles. The molecule has 4 heteroatoms. The topological polar surface area (TPSA) is 26.0 Å². The Kier molecular flexibility index (Phi) is 3.32. The monoisotopic (exact) mass is 227 g/mol. The number of hydrogen-bond donors (Lipinski definition) is 2. The summed E-state index contributed by atoms with van der Waals surface area (Å²) in [5.41, 5.74) is 1.18. The van der Waals surface area contributed by atoms with Crippen LogP contribution in [0.5, 0.6) is 0 Å². The van der Waals surface area contributed by atoms with Crippen molar-refractivity contribution < 1.29 is 4.99 Å². The summed E-state index contributed by atoms with van der Waals surface area (Å²) in [4.78, 5) is 3.27. The molecule has 2 rings (SSSR count). The molecule has 1 aromatic rings. The molecule has 0 aliphatic carbocycles. The molecule has 0 saturated carbocycles. The second-order valence-electron chi connectivity index (χ2n) is 3.06. The highest BCUT2D eigenvalue weighted by Gasteiger charge is 2.13. The van der Waals surface area contributed by atoms with E-state index in [2.05, 4.69) is 16.4 Å². The molecular formula is C10H12ClN2S+. The summed E-state index contributed by atoms with van der Waals surface area (Å²) in [5.74, 6) is 0.912. The average molecular weight is 228 g/mol. The smallest absolute Gasteiger partial charge is 0.265 e. The van der Waals surface area contributed by atoms with Crippen molar-refractivity contribution in [1.82, 2.24) is 5.32 Å². The highest BCUT2D eigenvalue weighted by molar-refractivity contribution is 8.12. The first kappa shape index (κ1) is 9.87. The van der Waals surface area contributed by atoms with Crippen LogP contribution in [-0.2, 0) is 5.75 Å². The lowest BCUT2D eigenvalue weighted by molar-refractivity contribution is -0.441. The van der Waals surface area contributed by atoms with Crippen LogP contribution in [0.15, 0.2) is 24.3 Å². The third-order valence-corrected chi connectivity index (χ3v) is 3.43. The van der Waals surface area contributed by atoms with Gasteiger partial charge in [-0.2, -0.15) is 0 Å². The second kappa shape index (κ2) is 4.71. The highest BCUT2D eigenvalue weighted by Crippen LogP contribution is 2.20. The van der Waals surface area contributed by atoms with Crippen LogP contribution in [0.4, 0.5) is 0 Å². The van der Waals surface area contributed by atoms with E-state index in [1.807, 2.05) is 18.2 Å². The normalized spacial score (nSPS) is 15.1. The zero-order valence-corrected chi connectivity index (χ0v) is 9.29. The van der Waals surface area contributed by atoms with Gasteiger partial charge in [0.05, 0.1) is 0 Å². The fourth-order valence-corrected chi connectivity index (χ4v) is 2.52. The van der Waals surface area contributed by atoms with Crippen molar-refractivity contribution in [3.63, 3.8) is 0 Å². The highest BCUT2D eigenvalue weighted by atomic mass is 35.5. The SMILES string of the molecule is Clc1ccccc1CSC1=[NH+]CCN1. The standard InChI is InChI=1S/C10H11ClN2S/c11-9-4-2-1-3-8(9)7-14-10-12-5-6-13-10/h1-4H,5-7H2,(H,12,13)/p+1. The molecule has 2 nitrogen and oxygen atoms in total. The van der Waals surface area contributed by atoms with Gasteiger partial charge in [-0.3, -0.25) is 10.3 Å². The third-order valence-electron chi connectivity index (χ3n) is 2.03. The lowest BCUT2D eigenvalue weighted by atomic mass is 10.2. The van der Waals surface area contributed by atoms with Gasteiger partial charge in [0.1, 0.15) is 13.1 Å². The molecule has 0 radical (unpaired) electrons. The van der Waals surface area contributed by atoms with Gasteiger partial charge in [-0.25, -0.2) is 0 Å². The van der Waals surface area contributed by atoms with Gasteiger partial charge >= 0.3 is 5.17 Å². The number of amidine groups is 1. The van der Waals surface area contributed by atoms with Crippen molar-refractivity contribution in [3.05, 3.63) is 34.9 Å². The molecule has 1 aliphatic rings. The zero-order valence-electron chi connectivity index (χ0n) is 7.72. The molecule has 0 spiro atoms. The van der Waals surface area contributed by atoms with Gasteiger partial charge in [-0.1, -0.05) is 29.8 Å². The summed E-state index contributed by atoms with van der Waals surface area (Å²) < 4.78 is 0. The van der Waals surface area contributed by atoms with Crippen molar-refractivity contribution >= 4 is 28.5 Å². The minimum Gasteiger partial charge on any atom is -0.265 e. The van der Waals surface area contributed by atoms with E-state index in [4.69, 9.17) is 11.6 Å². The van der Waals surface area contributed by atoms with Gasteiger partial charge < -0.3 is 0 Å². The number of halogens is 1. The molecule has 0 fully saturated rings. The molecule has 0 saturated heterocycles. The Balaban J connectivity index is 1.94. The fourth-order valence-electron chi connectivity index (χ4n) is 1.28. The van der Waals surface area contributed by atoms with Crippen LogP contribution in [0, 0.1) is 0 Å². The van der Waals surface area contributed by atoms with Crippen molar-refractivity contribution in [3.8, 4) is 0 Å². The first-order valence-corrected chi connectivity index (χ1v) is 5.93. The summed E-state index contributed by atoms with van der Waals surface area (Å²) in [6.45, 7) is 2.04. The predicted octanol–water partition coefficient (Wildman–Crippen LogP) is 0.613. The van der Waals surface area contributed by atoms with Crippen LogP contribution in [0.1, 0.15) is 5.56 Å². The molecule has 2 N–H and O–H groups in total. The number of thioether (sulfide) groups is 1. The van der Waals surface area contributed by atoms with Gasteiger partial charge in [-0.15, -0.1) is 0 Å². The van der Waals surface area contributed by atoms with E-state index in [0.717, 1.165) is 29.0 Å². The molecule has 0 atom stereocenters. The minimum absolute atomic E-state index is 0.846. The van der Waals surface area contributed by atoms with E-state index in [1.54, 1.807) is 11.8 Å².